The Balaban J connectivity index is 1.61. The molecule has 0 aliphatic carbocycles. The maximum atomic E-state index is 13.4. The Bertz CT molecular complexity index is 1250. The molecule has 33 heavy (non-hydrogen) atoms. The fourth-order valence-corrected chi connectivity index (χ4v) is 3.53. The first-order valence-corrected chi connectivity index (χ1v) is 10.5. The molecule has 4 aromatic rings. The first-order chi connectivity index (χ1) is 16.1. The van der Waals surface area contributed by atoms with E-state index < -0.39 is 5.91 Å². The summed E-state index contributed by atoms with van der Waals surface area (Å²) in [5.41, 5.74) is 2.45. The molecular formula is C26H22FN3O3. The van der Waals surface area contributed by atoms with E-state index in [2.05, 4.69) is 10.3 Å². The van der Waals surface area contributed by atoms with E-state index in [-0.39, 0.29) is 29.7 Å². The van der Waals surface area contributed by atoms with E-state index in [0.29, 0.717) is 17.7 Å². The van der Waals surface area contributed by atoms with Crippen molar-refractivity contribution in [2.24, 2.45) is 0 Å². The van der Waals surface area contributed by atoms with Crippen molar-refractivity contribution in [3.63, 3.8) is 0 Å². The van der Waals surface area contributed by atoms with E-state index in [1.165, 1.54) is 18.5 Å². The molecule has 0 saturated heterocycles. The van der Waals surface area contributed by atoms with Gasteiger partial charge in [-0.2, -0.15) is 0 Å². The monoisotopic (exact) mass is 443 g/mol. The molecule has 0 bridgehead atoms. The van der Waals surface area contributed by atoms with Crippen molar-refractivity contribution in [2.75, 3.05) is 11.4 Å². The van der Waals surface area contributed by atoms with E-state index in [4.69, 9.17) is 4.42 Å². The van der Waals surface area contributed by atoms with Gasteiger partial charge in [0.15, 0.2) is 17.8 Å². The molecule has 1 N–H and O–H groups in total. The number of carbonyl (C=O) groups is 2. The minimum absolute atomic E-state index is 0.0696. The third-order valence-corrected chi connectivity index (χ3v) is 5.18. The van der Waals surface area contributed by atoms with Gasteiger partial charge in [0.2, 0.25) is 0 Å². The molecule has 0 spiro atoms. The predicted molar refractivity (Wildman–Crippen MR) is 123 cm³/mol. The summed E-state index contributed by atoms with van der Waals surface area (Å²) in [4.78, 5) is 32.0. The van der Waals surface area contributed by atoms with Gasteiger partial charge in [-0.05, 0) is 42.8 Å². The molecule has 0 saturated carbocycles. The molecule has 0 atom stereocenters. The van der Waals surface area contributed by atoms with Gasteiger partial charge in [0.1, 0.15) is 5.82 Å². The summed E-state index contributed by atoms with van der Waals surface area (Å²) in [6, 6.07) is 22.2. The molecule has 166 valence electrons. The number of aromatic nitrogens is 1. The molecule has 0 fully saturated rings. The third kappa shape index (κ3) is 4.82. The molecule has 1 heterocycles. The highest BCUT2D eigenvalue weighted by Gasteiger charge is 2.25. The molecule has 7 heteroatoms. The summed E-state index contributed by atoms with van der Waals surface area (Å²) >= 11 is 0. The van der Waals surface area contributed by atoms with Crippen LogP contribution >= 0.6 is 0 Å². The maximum Gasteiger partial charge on any atom is 0.274 e. The summed E-state index contributed by atoms with van der Waals surface area (Å²) in [6.45, 7) is 2.57. The molecule has 0 aliphatic rings. The average Bonchev–Trinajstić information content (AvgIpc) is 3.34. The lowest BCUT2D eigenvalue weighted by molar-refractivity contribution is 0.0944. The second kappa shape index (κ2) is 9.91. The molecule has 2 amide bonds. The van der Waals surface area contributed by atoms with Crippen molar-refractivity contribution in [3.8, 4) is 11.3 Å². The Kier molecular flexibility index (Phi) is 6.59. The standard InChI is InChI=1S/C26H22FN3O3/c1-2-30(20-8-4-3-5-9-20)26(32)22-11-7-6-10-21(22)24-23(29-17-33-24)25(31)28-16-18-12-14-19(27)15-13-18/h3-15,17H,2,16H2,1H3,(H,28,31). The fraction of sp³-hybridized carbons (Fsp3) is 0.115. The normalized spacial score (nSPS) is 10.6. The number of carbonyl (C=O) groups excluding carboxylic acids is 2. The first-order valence-electron chi connectivity index (χ1n) is 10.5. The number of halogens is 1. The van der Waals surface area contributed by atoms with Crippen molar-refractivity contribution in [1.82, 2.24) is 10.3 Å². The number of para-hydroxylation sites is 1. The minimum atomic E-state index is -0.458. The Morgan fingerprint density at radius 1 is 0.970 bits per heavy atom. The number of nitrogens with zero attached hydrogens (tertiary/aromatic N) is 2. The van der Waals surface area contributed by atoms with Crippen LogP contribution in [-0.2, 0) is 6.54 Å². The highest BCUT2D eigenvalue weighted by atomic mass is 19.1. The van der Waals surface area contributed by atoms with Gasteiger partial charge in [-0.3, -0.25) is 9.59 Å². The van der Waals surface area contributed by atoms with E-state index in [1.807, 2.05) is 37.3 Å². The zero-order valence-corrected chi connectivity index (χ0v) is 18.0. The van der Waals surface area contributed by atoms with Crippen LogP contribution in [0.2, 0.25) is 0 Å². The van der Waals surface area contributed by atoms with Gasteiger partial charge in [0.05, 0.1) is 5.56 Å². The third-order valence-electron chi connectivity index (χ3n) is 5.18. The molecular weight excluding hydrogens is 421 g/mol. The topological polar surface area (TPSA) is 75.4 Å². The summed E-state index contributed by atoms with van der Waals surface area (Å²) in [7, 11) is 0. The number of oxazole rings is 1. The molecule has 6 nitrogen and oxygen atoms in total. The Hall–Kier alpha value is -4.26. The maximum absolute atomic E-state index is 13.4. The van der Waals surface area contributed by atoms with Crippen LogP contribution < -0.4 is 10.2 Å². The lowest BCUT2D eigenvalue weighted by atomic mass is 10.0. The molecule has 0 aliphatic heterocycles. The number of hydrogen-bond acceptors (Lipinski definition) is 4. The van der Waals surface area contributed by atoms with Crippen LogP contribution in [0.4, 0.5) is 10.1 Å². The van der Waals surface area contributed by atoms with E-state index in [9.17, 15) is 14.0 Å². The van der Waals surface area contributed by atoms with Crippen molar-refractivity contribution in [3.05, 3.63) is 108 Å². The highest BCUT2D eigenvalue weighted by Crippen LogP contribution is 2.29. The number of rotatable bonds is 7. The van der Waals surface area contributed by atoms with Gasteiger partial charge in [-0.15, -0.1) is 0 Å². The molecule has 0 unspecified atom stereocenters. The highest BCUT2D eigenvalue weighted by molar-refractivity contribution is 6.11. The number of anilines is 1. The van der Waals surface area contributed by atoms with Gasteiger partial charge in [-0.25, -0.2) is 9.37 Å². The van der Waals surface area contributed by atoms with Gasteiger partial charge in [0, 0.05) is 24.3 Å². The van der Waals surface area contributed by atoms with Crippen LogP contribution in [-0.4, -0.2) is 23.3 Å². The van der Waals surface area contributed by atoms with Crippen molar-refractivity contribution < 1.29 is 18.4 Å². The van der Waals surface area contributed by atoms with Crippen LogP contribution in [0.3, 0.4) is 0 Å². The summed E-state index contributed by atoms with van der Waals surface area (Å²) in [5.74, 6) is -0.810. The number of nitrogens with one attached hydrogen (secondary N) is 1. The van der Waals surface area contributed by atoms with Crippen molar-refractivity contribution in [2.45, 2.75) is 13.5 Å². The van der Waals surface area contributed by atoms with Crippen molar-refractivity contribution in [1.29, 1.82) is 0 Å². The van der Waals surface area contributed by atoms with Crippen LogP contribution in [0.15, 0.2) is 89.7 Å². The van der Waals surface area contributed by atoms with Crippen LogP contribution in [0.5, 0.6) is 0 Å². The largest absolute Gasteiger partial charge is 0.443 e. The second-order valence-corrected chi connectivity index (χ2v) is 7.27. The summed E-state index contributed by atoms with van der Waals surface area (Å²) < 4.78 is 18.7. The lowest BCUT2D eigenvalue weighted by Gasteiger charge is -2.22. The number of benzene rings is 3. The second-order valence-electron chi connectivity index (χ2n) is 7.27. The molecule has 1 aromatic heterocycles. The summed E-state index contributed by atoms with van der Waals surface area (Å²) in [6.07, 6.45) is 1.18. The minimum Gasteiger partial charge on any atom is -0.443 e. The van der Waals surface area contributed by atoms with E-state index >= 15 is 0 Å². The quantitative estimate of drug-likeness (QED) is 0.432. The van der Waals surface area contributed by atoms with Gasteiger partial charge < -0.3 is 14.6 Å². The fourth-order valence-electron chi connectivity index (χ4n) is 3.53. The van der Waals surface area contributed by atoms with Crippen LogP contribution in [0.1, 0.15) is 33.3 Å². The zero-order valence-electron chi connectivity index (χ0n) is 18.0. The predicted octanol–water partition coefficient (Wildman–Crippen LogP) is 5.08. The first kappa shape index (κ1) is 22.0. The van der Waals surface area contributed by atoms with Crippen LogP contribution in [0, 0.1) is 5.82 Å². The van der Waals surface area contributed by atoms with Crippen LogP contribution in [0.25, 0.3) is 11.3 Å². The molecule has 4 rings (SSSR count). The van der Waals surface area contributed by atoms with Gasteiger partial charge in [0.25, 0.3) is 11.8 Å². The Morgan fingerprint density at radius 3 is 2.39 bits per heavy atom. The molecule has 0 radical (unpaired) electrons. The lowest BCUT2D eigenvalue weighted by Crippen LogP contribution is -2.31. The van der Waals surface area contributed by atoms with E-state index in [1.54, 1.807) is 41.3 Å². The van der Waals surface area contributed by atoms with Crippen molar-refractivity contribution >= 4 is 17.5 Å². The number of hydrogen-bond donors (Lipinski definition) is 1. The Labute approximate surface area is 190 Å². The molecule has 3 aromatic carbocycles. The Morgan fingerprint density at radius 2 is 1.67 bits per heavy atom. The number of amides is 2. The van der Waals surface area contributed by atoms with Gasteiger partial charge >= 0.3 is 0 Å². The zero-order chi connectivity index (χ0) is 23.2. The average molecular weight is 443 g/mol. The van der Waals surface area contributed by atoms with E-state index in [0.717, 1.165) is 11.3 Å². The smallest absolute Gasteiger partial charge is 0.274 e. The summed E-state index contributed by atoms with van der Waals surface area (Å²) in [5, 5.41) is 2.76. The SMILES string of the molecule is CCN(C(=O)c1ccccc1-c1ocnc1C(=O)NCc1ccc(F)cc1)c1ccccc1. The van der Waals surface area contributed by atoms with Gasteiger partial charge in [-0.1, -0.05) is 48.5 Å².